The molecule has 0 bridgehead atoms. The number of aromatic nitrogens is 1. The molecule has 1 aromatic heterocycles. The number of hydrogen-bond acceptors (Lipinski definition) is 3. The van der Waals surface area contributed by atoms with Crippen LogP contribution in [0.4, 0.5) is 0 Å². The molecule has 0 aliphatic heterocycles. The number of aliphatic hydroxyl groups excluding tert-OH is 1. The lowest BCUT2D eigenvalue weighted by molar-refractivity contribution is 0.168. The Bertz CT molecular complexity index is 270. The number of rotatable bonds is 5. The quantitative estimate of drug-likeness (QED) is 0.581. The molecule has 2 nitrogen and oxygen atoms in total. The van der Waals surface area contributed by atoms with Crippen LogP contribution in [0.25, 0.3) is 0 Å². The van der Waals surface area contributed by atoms with Gasteiger partial charge in [-0.3, -0.25) is 0 Å². The zero-order valence-corrected chi connectivity index (χ0v) is 8.68. The molecule has 3 heteroatoms. The van der Waals surface area contributed by atoms with Gasteiger partial charge in [-0.05, 0) is 26.2 Å². The average molecular weight is 197 g/mol. The number of thiazole rings is 1. The molecule has 1 aromatic rings. The van der Waals surface area contributed by atoms with Crippen molar-refractivity contribution >= 4 is 11.3 Å². The van der Waals surface area contributed by atoms with E-state index in [-0.39, 0.29) is 6.10 Å². The number of unbranched alkanes of at least 4 members (excludes halogenated alkanes) is 1. The van der Waals surface area contributed by atoms with Gasteiger partial charge in [0.25, 0.3) is 0 Å². The summed E-state index contributed by atoms with van der Waals surface area (Å²) in [4.78, 5) is 5.08. The summed E-state index contributed by atoms with van der Waals surface area (Å²) in [6, 6.07) is 0. The fourth-order valence-electron chi connectivity index (χ4n) is 1.13. The largest absolute Gasteiger partial charge is 0.388 e. The molecule has 0 spiro atoms. The zero-order valence-electron chi connectivity index (χ0n) is 7.86. The lowest BCUT2D eigenvalue weighted by Crippen LogP contribution is -1.93. The summed E-state index contributed by atoms with van der Waals surface area (Å²) in [6.07, 6.45) is 6.05. The Kier molecular flexibility index (Phi) is 4.12. The van der Waals surface area contributed by atoms with Crippen molar-refractivity contribution < 1.29 is 5.11 Å². The maximum Gasteiger partial charge on any atom is 0.0898 e. The molecule has 0 saturated heterocycles. The SMILES string of the molecule is C=CCCCC(O)c1cnc(C)s1. The number of aryl methyl sites for hydroxylation is 1. The topological polar surface area (TPSA) is 33.1 Å². The number of nitrogens with zero attached hydrogens (tertiary/aromatic N) is 1. The highest BCUT2D eigenvalue weighted by Crippen LogP contribution is 2.24. The van der Waals surface area contributed by atoms with E-state index in [0.717, 1.165) is 29.1 Å². The second kappa shape index (κ2) is 5.14. The van der Waals surface area contributed by atoms with Crippen LogP contribution in [0.2, 0.25) is 0 Å². The first kappa shape index (κ1) is 10.4. The minimum absolute atomic E-state index is 0.342. The van der Waals surface area contributed by atoms with Gasteiger partial charge >= 0.3 is 0 Å². The van der Waals surface area contributed by atoms with Gasteiger partial charge in [0.15, 0.2) is 0 Å². The molecular weight excluding hydrogens is 182 g/mol. The van der Waals surface area contributed by atoms with E-state index in [1.807, 2.05) is 13.0 Å². The number of aliphatic hydroxyl groups is 1. The lowest BCUT2D eigenvalue weighted by atomic mass is 10.1. The van der Waals surface area contributed by atoms with Crippen LogP contribution in [-0.2, 0) is 0 Å². The van der Waals surface area contributed by atoms with Gasteiger partial charge in [-0.2, -0.15) is 0 Å². The second-order valence-corrected chi connectivity index (χ2v) is 4.28. The minimum atomic E-state index is -0.342. The van der Waals surface area contributed by atoms with Gasteiger partial charge in [0, 0.05) is 6.20 Å². The molecule has 0 aliphatic carbocycles. The molecule has 72 valence electrons. The highest BCUT2D eigenvalue weighted by Gasteiger charge is 2.09. The summed E-state index contributed by atoms with van der Waals surface area (Å²) in [5, 5.41) is 10.7. The molecule has 0 fully saturated rings. The highest BCUT2D eigenvalue weighted by atomic mass is 32.1. The molecule has 13 heavy (non-hydrogen) atoms. The summed E-state index contributed by atoms with van der Waals surface area (Å²) in [5.41, 5.74) is 0. The van der Waals surface area contributed by atoms with Crippen LogP contribution in [0.15, 0.2) is 18.9 Å². The Balaban J connectivity index is 2.39. The van der Waals surface area contributed by atoms with E-state index in [9.17, 15) is 5.11 Å². The van der Waals surface area contributed by atoms with Crippen molar-refractivity contribution in [3.8, 4) is 0 Å². The fourth-order valence-corrected chi connectivity index (χ4v) is 1.94. The summed E-state index contributed by atoms with van der Waals surface area (Å²) in [6.45, 7) is 5.59. The lowest BCUT2D eigenvalue weighted by Gasteiger charge is -2.05. The van der Waals surface area contributed by atoms with Crippen molar-refractivity contribution in [2.45, 2.75) is 32.3 Å². The molecule has 0 aliphatic rings. The molecule has 1 N–H and O–H groups in total. The smallest absolute Gasteiger partial charge is 0.0898 e. The van der Waals surface area contributed by atoms with Crippen LogP contribution < -0.4 is 0 Å². The van der Waals surface area contributed by atoms with Crippen LogP contribution in [0.1, 0.15) is 35.3 Å². The van der Waals surface area contributed by atoms with Gasteiger partial charge in [0.1, 0.15) is 0 Å². The third-order valence-electron chi connectivity index (χ3n) is 1.85. The maximum absolute atomic E-state index is 9.70. The summed E-state index contributed by atoms with van der Waals surface area (Å²) >= 11 is 1.57. The van der Waals surface area contributed by atoms with Crippen molar-refractivity contribution in [3.63, 3.8) is 0 Å². The van der Waals surface area contributed by atoms with Gasteiger partial charge < -0.3 is 5.11 Å². The molecule has 0 saturated carbocycles. The van der Waals surface area contributed by atoms with E-state index in [4.69, 9.17) is 0 Å². The van der Waals surface area contributed by atoms with E-state index in [2.05, 4.69) is 11.6 Å². The molecule has 1 unspecified atom stereocenters. The number of allylic oxidation sites excluding steroid dienone is 1. The Morgan fingerprint density at radius 3 is 3.08 bits per heavy atom. The Morgan fingerprint density at radius 1 is 1.77 bits per heavy atom. The zero-order chi connectivity index (χ0) is 9.68. The maximum atomic E-state index is 9.70. The van der Waals surface area contributed by atoms with Gasteiger partial charge in [0.05, 0.1) is 16.0 Å². The summed E-state index contributed by atoms with van der Waals surface area (Å²) < 4.78 is 0. The van der Waals surface area contributed by atoms with Gasteiger partial charge in [-0.1, -0.05) is 6.08 Å². The standard InChI is InChI=1S/C10H15NOS/c1-3-4-5-6-9(12)10-7-11-8(2)13-10/h3,7,9,12H,1,4-6H2,2H3. The van der Waals surface area contributed by atoms with Crippen LogP contribution in [0.3, 0.4) is 0 Å². The van der Waals surface area contributed by atoms with Crippen LogP contribution in [0, 0.1) is 6.92 Å². The van der Waals surface area contributed by atoms with Crippen molar-refractivity contribution in [2.24, 2.45) is 0 Å². The fraction of sp³-hybridized carbons (Fsp3) is 0.500. The van der Waals surface area contributed by atoms with Gasteiger partial charge in [-0.15, -0.1) is 17.9 Å². The molecule has 0 amide bonds. The van der Waals surface area contributed by atoms with E-state index in [1.54, 1.807) is 17.5 Å². The van der Waals surface area contributed by atoms with E-state index < -0.39 is 0 Å². The predicted octanol–water partition coefficient (Wildman–Crippen LogP) is 2.84. The van der Waals surface area contributed by atoms with Crippen LogP contribution in [-0.4, -0.2) is 10.1 Å². The van der Waals surface area contributed by atoms with Crippen molar-refractivity contribution in [1.82, 2.24) is 4.98 Å². The van der Waals surface area contributed by atoms with E-state index in [0.29, 0.717) is 0 Å². The third kappa shape index (κ3) is 3.28. The average Bonchev–Trinajstić information content (AvgIpc) is 2.52. The summed E-state index contributed by atoms with van der Waals surface area (Å²) in [5.74, 6) is 0. The summed E-state index contributed by atoms with van der Waals surface area (Å²) in [7, 11) is 0. The van der Waals surface area contributed by atoms with Crippen molar-refractivity contribution in [2.75, 3.05) is 0 Å². The molecule has 0 aromatic carbocycles. The molecule has 1 atom stereocenters. The van der Waals surface area contributed by atoms with Crippen molar-refractivity contribution in [3.05, 3.63) is 28.7 Å². The van der Waals surface area contributed by atoms with Crippen molar-refractivity contribution in [1.29, 1.82) is 0 Å². The minimum Gasteiger partial charge on any atom is -0.388 e. The highest BCUT2D eigenvalue weighted by molar-refractivity contribution is 7.11. The van der Waals surface area contributed by atoms with Gasteiger partial charge in [-0.25, -0.2) is 4.98 Å². The third-order valence-corrected chi connectivity index (χ3v) is 2.87. The van der Waals surface area contributed by atoms with E-state index in [1.165, 1.54) is 0 Å². The van der Waals surface area contributed by atoms with Crippen LogP contribution >= 0.6 is 11.3 Å². The van der Waals surface area contributed by atoms with E-state index >= 15 is 0 Å². The predicted molar refractivity (Wildman–Crippen MR) is 55.9 cm³/mol. The first-order valence-electron chi connectivity index (χ1n) is 4.45. The monoisotopic (exact) mass is 197 g/mol. The first-order chi connectivity index (χ1) is 6.24. The normalized spacial score (nSPS) is 12.8. The Labute approximate surface area is 83.0 Å². The molecule has 1 heterocycles. The number of hydrogen-bond donors (Lipinski definition) is 1. The second-order valence-electron chi connectivity index (χ2n) is 3.02. The van der Waals surface area contributed by atoms with Crippen LogP contribution in [0.5, 0.6) is 0 Å². The first-order valence-corrected chi connectivity index (χ1v) is 5.27. The molecular formula is C10H15NOS. The Hall–Kier alpha value is -0.670. The molecule has 1 rings (SSSR count). The van der Waals surface area contributed by atoms with Gasteiger partial charge in [0.2, 0.25) is 0 Å². The Morgan fingerprint density at radius 2 is 2.54 bits per heavy atom. The molecule has 0 radical (unpaired) electrons.